The van der Waals surface area contributed by atoms with Crippen molar-refractivity contribution in [2.75, 3.05) is 26.4 Å². The fourth-order valence-corrected chi connectivity index (χ4v) is 2.05. The summed E-state index contributed by atoms with van der Waals surface area (Å²) in [7, 11) is 0. The van der Waals surface area contributed by atoms with Crippen molar-refractivity contribution in [2.24, 2.45) is 0 Å². The molecule has 0 spiro atoms. The highest BCUT2D eigenvalue weighted by Gasteiger charge is 2.15. The van der Waals surface area contributed by atoms with Gasteiger partial charge in [0.1, 0.15) is 12.4 Å². The second kappa shape index (κ2) is 5.87. The van der Waals surface area contributed by atoms with E-state index in [1.54, 1.807) is 0 Å². The molecule has 1 aromatic carbocycles. The second-order valence-corrected chi connectivity index (χ2v) is 4.03. The Bertz CT molecular complexity index is 319. The largest absolute Gasteiger partial charge is 0.491 e. The van der Waals surface area contributed by atoms with Gasteiger partial charge in [-0.05, 0) is 36.5 Å². The first kappa shape index (κ1) is 11.4. The van der Waals surface area contributed by atoms with E-state index in [9.17, 15) is 0 Å². The Morgan fingerprint density at radius 2 is 2.12 bits per heavy atom. The zero-order valence-electron chi connectivity index (χ0n) is 9.39. The van der Waals surface area contributed by atoms with E-state index in [-0.39, 0.29) is 6.61 Å². The summed E-state index contributed by atoms with van der Waals surface area (Å²) in [5, 5.41) is 8.70. The van der Waals surface area contributed by atoms with Crippen LogP contribution in [0.1, 0.15) is 24.3 Å². The molecule has 3 nitrogen and oxygen atoms in total. The summed E-state index contributed by atoms with van der Waals surface area (Å²) in [6, 6.07) is 8.16. The highest BCUT2D eigenvalue weighted by Crippen LogP contribution is 2.28. The van der Waals surface area contributed by atoms with E-state index in [4.69, 9.17) is 14.6 Å². The predicted molar refractivity (Wildman–Crippen MR) is 61.8 cm³/mol. The summed E-state index contributed by atoms with van der Waals surface area (Å²) < 4.78 is 10.8. The van der Waals surface area contributed by atoms with E-state index in [1.165, 1.54) is 5.56 Å². The van der Waals surface area contributed by atoms with Gasteiger partial charge in [-0.25, -0.2) is 0 Å². The number of benzene rings is 1. The lowest BCUT2D eigenvalue weighted by Gasteiger charge is -2.22. The van der Waals surface area contributed by atoms with Crippen LogP contribution in [-0.2, 0) is 4.74 Å². The maximum atomic E-state index is 8.70. The molecular formula is C13H18O3. The van der Waals surface area contributed by atoms with Crippen LogP contribution >= 0.6 is 0 Å². The molecule has 0 bridgehead atoms. The molecule has 1 saturated heterocycles. The summed E-state index contributed by atoms with van der Waals surface area (Å²) in [4.78, 5) is 0. The normalized spacial score (nSPS) is 17.3. The van der Waals surface area contributed by atoms with Gasteiger partial charge in [-0.1, -0.05) is 12.1 Å². The third kappa shape index (κ3) is 2.97. The Kier molecular flexibility index (Phi) is 4.19. The maximum absolute atomic E-state index is 8.70. The van der Waals surface area contributed by atoms with Gasteiger partial charge in [-0.15, -0.1) is 0 Å². The van der Waals surface area contributed by atoms with Crippen molar-refractivity contribution in [3.05, 3.63) is 29.8 Å². The molecule has 88 valence electrons. The van der Waals surface area contributed by atoms with Gasteiger partial charge < -0.3 is 14.6 Å². The van der Waals surface area contributed by atoms with Gasteiger partial charge in [0.15, 0.2) is 0 Å². The minimum absolute atomic E-state index is 0.0570. The maximum Gasteiger partial charge on any atom is 0.119 e. The molecule has 0 saturated carbocycles. The van der Waals surface area contributed by atoms with Crippen LogP contribution in [-0.4, -0.2) is 31.5 Å². The first-order valence-corrected chi connectivity index (χ1v) is 5.81. The van der Waals surface area contributed by atoms with E-state index in [0.29, 0.717) is 12.5 Å². The van der Waals surface area contributed by atoms with Crippen LogP contribution in [0.5, 0.6) is 5.75 Å². The first-order chi connectivity index (χ1) is 7.90. The number of ether oxygens (including phenoxy) is 2. The zero-order valence-corrected chi connectivity index (χ0v) is 9.39. The molecule has 16 heavy (non-hydrogen) atoms. The van der Waals surface area contributed by atoms with Gasteiger partial charge in [0.2, 0.25) is 0 Å². The average molecular weight is 222 g/mol. The van der Waals surface area contributed by atoms with E-state index >= 15 is 0 Å². The molecule has 0 aliphatic carbocycles. The van der Waals surface area contributed by atoms with E-state index in [0.717, 1.165) is 31.8 Å². The van der Waals surface area contributed by atoms with Crippen molar-refractivity contribution in [1.29, 1.82) is 0 Å². The van der Waals surface area contributed by atoms with Crippen LogP contribution in [0.25, 0.3) is 0 Å². The predicted octanol–water partition coefficient (Wildman–Crippen LogP) is 1.95. The third-order valence-electron chi connectivity index (χ3n) is 2.91. The van der Waals surface area contributed by atoms with Crippen LogP contribution in [0, 0.1) is 0 Å². The fourth-order valence-electron chi connectivity index (χ4n) is 2.05. The standard InChI is InChI=1S/C13H18O3/c14-6-9-16-13-3-1-2-12(10-13)11-4-7-15-8-5-11/h1-3,10-11,14H,4-9H2. The van der Waals surface area contributed by atoms with Gasteiger partial charge in [-0.2, -0.15) is 0 Å². The van der Waals surface area contributed by atoms with Gasteiger partial charge in [0.05, 0.1) is 6.61 Å². The van der Waals surface area contributed by atoms with Gasteiger partial charge in [-0.3, -0.25) is 0 Å². The lowest BCUT2D eigenvalue weighted by Crippen LogP contribution is -2.14. The molecule has 1 aromatic rings. The van der Waals surface area contributed by atoms with Crippen LogP contribution in [0.3, 0.4) is 0 Å². The quantitative estimate of drug-likeness (QED) is 0.846. The van der Waals surface area contributed by atoms with Gasteiger partial charge >= 0.3 is 0 Å². The molecule has 3 heteroatoms. The van der Waals surface area contributed by atoms with E-state index in [2.05, 4.69) is 12.1 Å². The molecule has 0 unspecified atom stereocenters. The minimum Gasteiger partial charge on any atom is -0.491 e. The molecule has 0 aromatic heterocycles. The summed E-state index contributed by atoms with van der Waals surface area (Å²) in [6.07, 6.45) is 2.17. The molecule has 1 fully saturated rings. The van der Waals surface area contributed by atoms with Crippen molar-refractivity contribution >= 4 is 0 Å². The molecule has 1 aliphatic heterocycles. The summed E-state index contributed by atoms with van der Waals surface area (Å²) in [5.41, 5.74) is 1.32. The monoisotopic (exact) mass is 222 g/mol. The Labute approximate surface area is 96.0 Å². The smallest absolute Gasteiger partial charge is 0.119 e. The average Bonchev–Trinajstić information content (AvgIpc) is 2.38. The van der Waals surface area contributed by atoms with Crippen molar-refractivity contribution < 1.29 is 14.6 Å². The lowest BCUT2D eigenvalue weighted by atomic mass is 9.92. The summed E-state index contributed by atoms with van der Waals surface area (Å²) >= 11 is 0. The number of aliphatic hydroxyl groups excluding tert-OH is 1. The SMILES string of the molecule is OCCOc1cccc(C2CCOCC2)c1. The molecule has 2 rings (SSSR count). The van der Waals surface area contributed by atoms with Crippen molar-refractivity contribution in [3.63, 3.8) is 0 Å². The molecule has 1 N–H and O–H groups in total. The first-order valence-electron chi connectivity index (χ1n) is 5.81. The summed E-state index contributed by atoms with van der Waals surface area (Å²) in [6.45, 7) is 2.12. The summed E-state index contributed by atoms with van der Waals surface area (Å²) in [5.74, 6) is 1.43. The van der Waals surface area contributed by atoms with Crippen molar-refractivity contribution in [1.82, 2.24) is 0 Å². The fraction of sp³-hybridized carbons (Fsp3) is 0.538. The van der Waals surface area contributed by atoms with Crippen molar-refractivity contribution in [2.45, 2.75) is 18.8 Å². The van der Waals surface area contributed by atoms with Gasteiger partial charge in [0.25, 0.3) is 0 Å². The number of hydrogen-bond acceptors (Lipinski definition) is 3. The zero-order chi connectivity index (χ0) is 11.2. The molecule has 1 heterocycles. The van der Waals surface area contributed by atoms with Gasteiger partial charge in [0, 0.05) is 13.2 Å². The third-order valence-corrected chi connectivity index (χ3v) is 2.91. The lowest BCUT2D eigenvalue weighted by molar-refractivity contribution is 0.0852. The second-order valence-electron chi connectivity index (χ2n) is 4.03. The minimum atomic E-state index is 0.0570. The van der Waals surface area contributed by atoms with Crippen LogP contribution < -0.4 is 4.74 Å². The Morgan fingerprint density at radius 3 is 2.88 bits per heavy atom. The van der Waals surface area contributed by atoms with E-state index in [1.807, 2.05) is 12.1 Å². The van der Waals surface area contributed by atoms with E-state index < -0.39 is 0 Å². The number of aliphatic hydroxyl groups is 1. The molecule has 0 amide bonds. The number of rotatable bonds is 4. The number of hydrogen-bond donors (Lipinski definition) is 1. The van der Waals surface area contributed by atoms with Crippen LogP contribution in [0.4, 0.5) is 0 Å². The van der Waals surface area contributed by atoms with Crippen LogP contribution in [0.2, 0.25) is 0 Å². The van der Waals surface area contributed by atoms with Crippen LogP contribution in [0.15, 0.2) is 24.3 Å². The Morgan fingerprint density at radius 1 is 1.31 bits per heavy atom. The molecule has 1 aliphatic rings. The molecule has 0 atom stereocenters. The highest BCUT2D eigenvalue weighted by atomic mass is 16.5. The highest BCUT2D eigenvalue weighted by molar-refractivity contribution is 5.31. The Balaban J connectivity index is 2.02. The Hall–Kier alpha value is -1.06. The molecule has 0 radical (unpaired) electrons. The topological polar surface area (TPSA) is 38.7 Å². The molecular weight excluding hydrogens is 204 g/mol. The van der Waals surface area contributed by atoms with Crippen molar-refractivity contribution in [3.8, 4) is 5.75 Å².